The number of aryl methyl sites for hydroxylation is 1. The highest BCUT2D eigenvalue weighted by Gasteiger charge is 2.41. The van der Waals surface area contributed by atoms with Gasteiger partial charge in [0, 0.05) is 30.3 Å². The molecule has 30 heavy (non-hydrogen) atoms. The molecule has 7 nitrogen and oxygen atoms in total. The molecule has 156 valence electrons. The zero-order valence-electron chi connectivity index (χ0n) is 16.1. The molecule has 3 aromatic heterocycles. The molecule has 1 aromatic carbocycles. The summed E-state index contributed by atoms with van der Waals surface area (Å²) in [6.45, 7) is 1.88. The molecule has 0 radical (unpaired) electrons. The van der Waals surface area contributed by atoms with Gasteiger partial charge in [-0.3, -0.25) is 0 Å². The Bertz CT molecular complexity index is 1200. The lowest BCUT2D eigenvalue weighted by Crippen LogP contribution is -2.20. The lowest BCUT2D eigenvalue weighted by atomic mass is 10.2. The van der Waals surface area contributed by atoms with Crippen LogP contribution in [0.2, 0.25) is 0 Å². The van der Waals surface area contributed by atoms with Crippen molar-refractivity contribution < 1.29 is 23.0 Å². The van der Waals surface area contributed by atoms with Gasteiger partial charge in [-0.2, -0.15) is 13.2 Å². The first-order chi connectivity index (χ1) is 14.3. The fourth-order valence-corrected chi connectivity index (χ4v) is 3.11. The van der Waals surface area contributed by atoms with Crippen LogP contribution < -0.4 is 10.1 Å². The van der Waals surface area contributed by atoms with Crippen LogP contribution in [0.1, 0.15) is 17.5 Å². The molecule has 1 unspecified atom stereocenters. The Morgan fingerprint density at radius 1 is 1.20 bits per heavy atom. The van der Waals surface area contributed by atoms with Gasteiger partial charge in [-0.1, -0.05) is 0 Å². The molecule has 0 aliphatic heterocycles. The van der Waals surface area contributed by atoms with Gasteiger partial charge in [-0.25, -0.2) is 9.97 Å². The van der Waals surface area contributed by atoms with Crippen molar-refractivity contribution in [3.05, 3.63) is 66.6 Å². The largest absolute Gasteiger partial charge is 0.494 e. The van der Waals surface area contributed by atoms with Crippen LogP contribution in [0.4, 0.5) is 24.5 Å². The second-order valence-electron chi connectivity index (χ2n) is 6.70. The van der Waals surface area contributed by atoms with E-state index in [1.165, 1.54) is 4.40 Å². The van der Waals surface area contributed by atoms with Crippen LogP contribution in [0.5, 0.6) is 5.75 Å². The van der Waals surface area contributed by atoms with Crippen LogP contribution in [0.25, 0.3) is 11.3 Å². The number of nitrogens with zero attached hydrogens (tertiary/aromatic N) is 4. The van der Waals surface area contributed by atoms with Crippen LogP contribution in [0, 0.1) is 6.92 Å². The summed E-state index contributed by atoms with van der Waals surface area (Å²) in [5, 5.41) is 12.6. The number of benzene rings is 1. The molecule has 3 heterocycles. The molecule has 0 saturated carbocycles. The number of rotatable bonds is 5. The van der Waals surface area contributed by atoms with Gasteiger partial charge in [0.1, 0.15) is 5.75 Å². The van der Waals surface area contributed by atoms with Crippen LogP contribution >= 0.6 is 0 Å². The Hall–Kier alpha value is -3.53. The number of ether oxygens (including phenoxy) is 1. The van der Waals surface area contributed by atoms with Crippen molar-refractivity contribution in [1.82, 2.24) is 18.9 Å². The van der Waals surface area contributed by atoms with E-state index in [2.05, 4.69) is 15.3 Å². The van der Waals surface area contributed by atoms with Crippen LogP contribution in [0.3, 0.4) is 0 Å². The Morgan fingerprint density at radius 3 is 2.67 bits per heavy atom. The normalized spacial score (nSPS) is 12.9. The maximum atomic E-state index is 12.8. The van der Waals surface area contributed by atoms with E-state index in [9.17, 15) is 18.3 Å². The number of pyridine rings is 1. The van der Waals surface area contributed by atoms with E-state index < -0.39 is 18.0 Å². The van der Waals surface area contributed by atoms with Gasteiger partial charge in [0.05, 0.1) is 36.2 Å². The molecule has 0 saturated heterocycles. The summed E-state index contributed by atoms with van der Waals surface area (Å²) in [7, 11) is 1.55. The van der Waals surface area contributed by atoms with E-state index >= 15 is 0 Å². The van der Waals surface area contributed by atoms with Crippen molar-refractivity contribution >= 4 is 17.0 Å². The molecule has 1 atom stereocenters. The Morgan fingerprint density at radius 2 is 2.00 bits per heavy atom. The third-order valence-corrected chi connectivity index (χ3v) is 4.54. The minimum atomic E-state index is -4.79. The van der Waals surface area contributed by atoms with Gasteiger partial charge in [-0.05, 0) is 31.2 Å². The third-order valence-electron chi connectivity index (χ3n) is 4.54. The summed E-state index contributed by atoms with van der Waals surface area (Å²) >= 11 is 0. The number of fused-ring (bicyclic) bond motifs is 1. The van der Waals surface area contributed by atoms with Gasteiger partial charge in [0.15, 0.2) is 11.8 Å². The average Bonchev–Trinajstić information content (AvgIpc) is 3.33. The second-order valence-corrected chi connectivity index (χ2v) is 6.70. The quantitative estimate of drug-likeness (QED) is 0.510. The van der Waals surface area contributed by atoms with Gasteiger partial charge in [0.2, 0.25) is 0 Å². The molecule has 0 fully saturated rings. The Kier molecular flexibility index (Phi) is 4.86. The van der Waals surface area contributed by atoms with Gasteiger partial charge in [0.25, 0.3) is 0 Å². The SMILES string of the molecule is COc1cc(Nc2cccn3cc(C(O)C(F)(F)F)nc23)ccc1-n1cnc(C)c1. The number of hydrogen-bond acceptors (Lipinski definition) is 5. The van der Waals surface area contributed by atoms with Crippen molar-refractivity contribution in [3.63, 3.8) is 0 Å². The highest BCUT2D eigenvalue weighted by atomic mass is 19.4. The molecular weight excluding hydrogens is 399 g/mol. The number of aromatic nitrogens is 4. The minimum Gasteiger partial charge on any atom is -0.494 e. The number of anilines is 2. The molecule has 0 aliphatic carbocycles. The lowest BCUT2D eigenvalue weighted by molar-refractivity contribution is -0.207. The maximum absolute atomic E-state index is 12.8. The maximum Gasteiger partial charge on any atom is 0.420 e. The minimum absolute atomic E-state index is 0.254. The predicted molar refractivity (Wildman–Crippen MR) is 104 cm³/mol. The summed E-state index contributed by atoms with van der Waals surface area (Å²) in [5.41, 5.74) is 2.57. The highest BCUT2D eigenvalue weighted by molar-refractivity contribution is 5.75. The first-order valence-corrected chi connectivity index (χ1v) is 8.94. The number of aliphatic hydroxyl groups is 1. The summed E-state index contributed by atoms with van der Waals surface area (Å²) in [6, 6.07) is 8.77. The zero-order chi connectivity index (χ0) is 21.5. The molecule has 0 spiro atoms. The second kappa shape index (κ2) is 7.38. The molecule has 0 bridgehead atoms. The summed E-state index contributed by atoms with van der Waals surface area (Å²) < 4.78 is 47.2. The predicted octanol–water partition coefficient (Wildman–Crippen LogP) is 4.18. The average molecular weight is 417 g/mol. The van der Waals surface area contributed by atoms with E-state index in [1.54, 1.807) is 37.8 Å². The van der Waals surface area contributed by atoms with Gasteiger partial charge >= 0.3 is 6.18 Å². The standard InChI is InChI=1S/C20H18F3N5O2/c1-12-9-28(11-24-12)16-6-5-13(8-17(16)30-2)25-14-4-3-7-27-10-15(26-19(14)27)18(29)20(21,22)23/h3-11,18,25,29H,1-2H3. The van der Waals surface area contributed by atoms with Crippen molar-refractivity contribution in [2.75, 3.05) is 12.4 Å². The fourth-order valence-electron chi connectivity index (χ4n) is 3.11. The topological polar surface area (TPSA) is 76.6 Å². The Balaban J connectivity index is 1.68. The third kappa shape index (κ3) is 3.69. The number of imidazole rings is 2. The highest BCUT2D eigenvalue weighted by Crippen LogP contribution is 2.34. The van der Waals surface area contributed by atoms with E-state index in [1.807, 2.05) is 29.8 Å². The number of aliphatic hydroxyl groups excluding tert-OH is 1. The molecule has 2 N–H and O–H groups in total. The van der Waals surface area contributed by atoms with Crippen molar-refractivity contribution in [3.8, 4) is 11.4 Å². The Labute approximate surface area is 169 Å². The van der Waals surface area contributed by atoms with E-state index in [-0.39, 0.29) is 5.65 Å². The molecular formula is C20H18F3N5O2. The molecule has 4 aromatic rings. The van der Waals surface area contributed by atoms with E-state index in [4.69, 9.17) is 4.74 Å². The first kappa shape index (κ1) is 19.8. The number of methoxy groups -OCH3 is 1. The molecule has 4 rings (SSSR count). The van der Waals surface area contributed by atoms with Crippen molar-refractivity contribution in [2.24, 2.45) is 0 Å². The smallest absolute Gasteiger partial charge is 0.420 e. The van der Waals surface area contributed by atoms with Gasteiger partial charge in [-0.15, -0.1) is 0 Å². The van der Waals surface area contributed by atoms with Crippen LogP contribution in [0.15, 0.2) is 55.2 Å². The fraction of sp³-hybridized carbons (Fsp3) is 0.200. The van der Waals surface area contributed by atoms with Crippen molar-refractivity contribution in [2.45, 2.75) is 19.2 Å². The van der Waals surface area contributed by atoms with Gasteiger partial charge < -0.3 is 24.1 Å². The van der Waals surface area contributed by atoms with Crippen LogP contribution in [-0.2, 0) is 0 Å². The molecule has 0 aliphatic rings. The number of halogens is 3. The number of alkyl halides is 3. The molecule has 10 heteroatoms. The van der Waals surface area contributed by atoms with E-state index in [0.29, 0.717) is 17.1 Å². The first-order valence-electron chi connectivity index (χ1n) is 8.94. The molecule has 0 amide bonds. The van der Waals surface area contributed by atoms with Crippen molar-refractivity contribution in [1.29, 1.82) is 0 Å². The summed E-state index contributed by atoms with van der Waals surface area (Å²) in [5.74, 6) is 0.584. The van der Waals surface area contributed by atoms with Crippen LogP contribution in [-0.4, -0.2) is 37.3 Å². The van der Waals surface area contributed by atoms with E-state index in [0.717, 1.165) is 17.6 Å². The summed E-state index contributed by atoms with van der Waals surface area (Å²) in [6.07, 6.45) is -1.18. The number of hydrogen-bond donors (Lipinski definition) is 2. The monoisotopic (exact) mass is 417 g/mol. The number of nitrogens with one attached hydrogen (secondary N) is 1. The summed E-state index contributed by atoms with van der Waals surface area (Å²) in [4.78, 5) is 8.18. The zero-order valence-corrected chi connectivity index (χ0v) is 16.1. The lowest BCUT2D eigenvalue weighted by Gasteiger charge is -2.13.